The molecule has 0 radical (unpaired) electrons. The van der Waals surface area contributed by atoms with Gasteiger partial charge in [0.2, 0.25) is 11.8 Å². The number of pyridine rings is 1. The smallest absolute Gasteiger partial charge is 0.216 e. The van der Waals surface area contributed by atoms with Crippen LogP contribution in [0.1, 0.15) is 32.6 Å². The van der Waals surface area contributed by atoms with Crippen molar-refractivity contribution in [2.24, 2.45) is 0 Å². The summed E-state index contributed by atoms with van der Waals surface area (Å²) in [5.74, 6) is 0.0790. The van der Waals surface area contributed by atoms with Crippen molar-refractivity contribution in [3.63, 3.8) is 0 Å². The van der Waals surface area contributed by atoms with Crippen LogP contribution >= 0.6 is 0 Å². The van der Waals surface area contributed by atoms with Gasteiger partial charge in [-0.15, -0.1) is 10.2 Å². The van der Waals surface area contributed by atoms with Crippen LogP contribution in [0.5, 0.6) is 11.6 Å². The minimum atomic E-state index is -1.01. The van der Waals surface area contributed by atoms with Crippen molar-refractivity contribution in [3.05, 3.63) is 42.5 Å². The molecule has 3 aromatic rings. The fraction of sp³-hybridized carbons (Fsp3) is 0.440. The summed E-state index contributed by atoms with van der Waals surface area (Å²) in [5.41, 5.74) is 1.38. The molecule has 2 bridgehead atoms. The lowest BCUT2D eigenvalue weighted by Crippen LogP contribution is -2.66. The summed E-state index contributed by atoms with van der Waals surface area (Å²) in [4.78, 5) is 9.84. The van der Waals surface area contributed by atoms with E-state index >= 15 is 4.39 Å². The Morgan fingerprint density at radius 2 is 2.03 bits per heavy atom. The molecule has 2 saturated heterocycles. The molecule has 4 atom stereocenters. The summed E-state index contributed by atoms with van der Waals surface area (Å²) in [6.45, 7) is 2.15. The maximum Gasteiger partial charge on any atom is 0.216 e. The number of fused-ring (bicyclic) bond motifs is 2. The molecular formula is C25H28F2N6O2. The van der Waals surface area contributed by atoms with Gasteiger partial charge in [-0.05, 0) is 55.9 Å². The van der Waals surface area contributed by atoms with Gasteiger partial charge < -0.3 is 20.1 Å². The summed E-state index contributed by atoms with van der Waals surface area (Å²) >= 11 is 0. The van der Waals surface area contributed by atoms with Crippen molar-refractivity contribution in [2.45, 2.75) is 56.4 Å². The quantitative estimate of drug-likeness (QED) is 0.529. The summed E-state index contributed by atoms with van der Waals surface area (Å²) in [5, 5.41) is 22.6. The highest BCUT2D eigenvalue weighted by Crippen LogP contribution is 2.38. The number of hydrogen-bond acceptors (Lipinski definition) is 8. The molecule has 0 aliphatic carbocycles. The first-order valence-electron chi connectivity index (χ1n) is 11.7. The van der Waals surface area contributed by atoms with Crippen LogP contribution in [0, 0.1) is 5.95 Å². The molecule has 10 heteroatoms. The maximum absolute atomic E-state index is 15.2. The third-order valence-electron chi connectivity index (χ3n) is 7.15. The fourth-order valence-corrected chi connectivity index (χ4v) is 5.27. The number of alkyl halides is 1. The molecule has 184 valence electrons. The first-order valence-corrected chi connectivity index (χ1v) is 11.7. The van der Waals surface area contributed by atoms with Crippen LogP contribution in [0.25, 0.3) is 22.5 Å². The second kappa shape index (κ2) is 8.99. The molecule has 4 heterocycles. The number of phenols is 1. The van der Waals surface area contributed by atoms with E-state index in [4.69, 9.17) is 4.74 Å². The van der Waals surface area contributed by atoms with E-state index in [1.54, 1.807) is 24.4 Å². The van der Waals surface area contributed by atoms with Crippen molar-refractivity contribution in [2.75, 3.05) is 19.1 Å². The van der Waals surface area contributed by atoms with Crippen LogP contribution in [0.2, 0.25) is 0 Å². The molecule has 0 unspecified atom stereocenters. The molecule has 2 aliphatic heterocycles. The number of piperidine rings is 2. The second-order valence-electron chi connectivity index (χ2n) is 9.62. The molecule has 2 fully saturated rings. The number of aromatic nitrogens is 4. The number of phenolic OH excluding ortho intramolecular Hbond substituents is 1. The van der Waals surface area contributed by atoms with Gasteiger partial charge in [-0.25, -0.2) is 9.37 Å². The Kier molecular flexibility index (Phi) is 6.00. The van der Waals surface area contributed by atoms with Gasteiger partial charge in [0.05, 0.1) is 24.9 Å². The number of benzene rings is 1. The molecule has 8 nitrogen and oxygen atoms in total. The van der Waals surface area contributed by atoms with Crippen LogP contribution in [0.3, 0.4) is 0 Å². The summed E-state index contributed by atoms with van der Waals surface area (Å²) in [6, 6.07) is 7.21. The van der Waals surface area contributed by atoms with E-state index < -0.39 is 12.1 Å². The molecule has 2 aromatic heterocycles. The molecule has 0 saturated carbocycles. The molecule has 35 heavy (non-hydrogen) atoms. The van der Waals surface area contributed by atoms with Gasteiger partial charge in [-0.3, -0.25) is 0 Å². The van der Waals surface area contributed by atoms with Gasteiger partial charge >= 0.3 is 0 Å². The number of methoxy groups -OCH3 is 1. The van der Waals surface area contributed by atoms with E-state index in [0.717, 1.165) is 19.3 Å². The van der Waals surface area contributed by atoms with E-state index in [9.17, 15) is 9.50 Å². The maximum atomic E-state index is 15.2. The lowest BCUT2D eigenvalue weighted by atomic mass is 9.74. The minimum Gasteiger partial charge on any atom is -0.507 e. The monoisotopic (exact) mass is 482 g/mol. The SMILES string of the molecule is COc1cc(-c2ccc(-c3ncc(N(C)[C@H]4C[C@]5(C)CCC[C@H](N5)[C@H]4F)nn3)c(O)c2)cc(F)n1. The molecule has 0 spiro atoms. The van der Waals surface area contributed by atoms with Gasteiger partial charge in [0.15, 0.2) is 11.6 Å². The largest absolute Gasteiger partial charge is 0.507 e. The van der Waals surface area contributed by atoms with Crippen molar-refractivity contribution in [3.8, 4) is 34.1 Å². The van der Waals surface area contributed by atoms with Crippen LogP contribution in [-0.4, -0.2) is 63.2 Å². The number of anilines is 1. The number of aromatic hydroxyl groups is 1. The zero-order chi connectivity index (χ0) is 24.7. The third-order valence-corrected chi connectivity index (χ3v) is 7.15. The Labute approximate surface area is 202 Å². The fourth-order valence-electron chi connectivity index (χ4n) is 5.27. The molecule has 1 aromatic carbocycles. The van der Waals surface area contributed by atoms with E-state index in [0.29, 0.717) is 28.9 Å². The van der Waals surface area contributed by atoms with Crippen LogP contribution in [-0.2, 0) is 0 Å². The third kappa shape index (κ3) is 4.50. The summed E-state index contributed by atoms with van der Waals surface area (Å²) < 4.78 is 34.0. The van der Waals surface area contributed by atoms with Crippen molar-refractivity contribution >= 4 is 5.82 Å². The van der Waals surface area contributed by atoms with E-state index in [2.05, 4.69) is 32.4 Å². The zero-order valence-electron chi connectivity index (χ0n) is 19.9. The highest BCUT2D eigenvalue weighted by atomic mass is 19.1. The van der Waals surface area contributed by atoms with Gasteiger partial charge in [-0.2, -0.15) is 9.37 Å². The lowest BCUT2D eigenvalue weighted by Gasteiger charge is -2.51. The zero-order valence-corrected chi connectivity index (χ0v) is 19.9. The van der Waals surface area contributed by atoms with Gasteiger partial charge in [0.1, 0.15) is 11.9 Å². The van der Waals surface area contributed by atoms with E-state index in [1.807, 2.05) is 11.9 Å². The molecular weight excluding hydrogens is 454 g/mol. The van der Waals surface area contributed by atoms with Crippen LogP contribution in [0.15, 0.2) is 36.5 Å². The number of nitrogens with zero attached hydrogens (tertiary/aromatic N) is 5. The number of rotatable bonds is 5. The Hall–Kier alpha value is -3.40. The van der Waals surface area contributed by atoms with Gasteiger partial charge in [0.25, 0.3) is 0 Å². The molecule has 2 N–H and O–H groups in total. The van der Waals surface area contributed by atoms with Crippen molar-refractivity contribution in [1.29, 1.82) is 0 Å². The van der Waals surface area contributed by atoms with Gasteiger partial charge in [-0.1, -0.05) is 6.07 Å². The molecule has 2 aliphatic rings. The van der Waals surface area contributed by atoms with E-state index in [-0.39, 0.29) is 35.1 Å². The number of nitrogens with one attached hydrogen (secondary N) is 1. The topological polar surface area (TPSA) is 96.3 Å². The molecule has 5 rings (SSSR count). The predicted octanol–water partition coefficient (Wildman–Crippen LogP) is 3.90. The Balaban J connectivity index is 1.36. The van der Waals surface area contributed by atoms with Crippen molar-refractivity contribution in [1.82, 2.24) is 25.5 Å². The first kappa shape index (κ1) is 23.3. The first-order chi connectivity index (χ1) is 16.8. The summed E-state index contributed by atoms with van der Waals surface area (Å²) in [7, 11) is 3.23. The molecule has 0 amide bonds. The van der Waals surface area contributed by atoms with Crippen LogP contribution < -0.4 is 15.0 Å². The highest BCUT2D eigenvalue weighted by Gasteiger charge is 2.47. The number of ether oxygens (including phenoxy) is 1. The lowest BCUT2D eigenvalue weighted by molar-refractivity contribution is 0.0607. The van der Waals surface area contributed by atoms with Crippen molar-refractivity contribution < 1.29 is 18.6 Å². The van der Waals surface area contributed by atoms with Gasteiger partial charge in [0, 0.05) is 30.8 Å². The Bertz CT molecular complexity index is 1230. The average Bonchev–Trinajstić information content (AvgIpc) is 2.85. The second-order valence-corrected chi connectivity index (χ2v) is 9.62. The predicted molar refractivity (Wildman–Crippen MR) is 128 cm³/mol. The normalized spacial score (nSPS) is 25.8. The summed E-state index contributed by atoms with van der Waals surface area (Å²) in [6.07, 6.45) is 4.10. The standard InChI is InChI=1S/C25H28F2N6O2/c1-25-8-4-5-17(30-25)23(27)18(12-25)33(2)21-13-28-24(32-31-21)16-7-6-14(9-19(16)34)15-10-20(26)29-22(11-15)35-3/h6-7,9-11,13,17-18,23,30,34H,4-5,8,12H2,1-3H3/t17-,18-,23+,25-/m0/s1. The Morgan fingerprint density at radius 3 is 2.74 bits per heavy atom. The minimum absolute atomic E-state index is 0.0791. The Morgan fingerprint density at radius 1 is 1.20 bits per heavy atom. The number of hydrogen-bond donors (Lipinski definition) is 2. The average molecular weight is 483 g/mol. The van der Waals surface area contributed by atoms with E-state index in [1.165, 1.54) is 19.2 Å². The number of halogens is 2. The van der Waals surface area contributed by atoms with Crippen LogP contribution in [0.4, 0.5) is 14.6 Å². The highest BCUT2D eigenvalue weighted by molar-refractivity contribution is 5.73.